The maximum Gasteiger partial charge on any atom is 0.343 e. The highest BCUT2D eigenvalue weighted by molar-refractivity contribution is 5.89. The van der Waals surface area contributed by atoms with E-state index in [4.69, 9.17) is 4.74 Å². The van der Waals surface area contributed by atoms with Crippen molar-refractivity contribution in [1.82, 2.24) is 4.40 Å². The molecule has 0 saturated heterocycles. The number of fused-ring (bicyclic) bond motifs is 1. The molecule has 0 unspecified atom stereocenters. The molecule has 116 valence electrons. The molecule has 6 heteroatoms. The smallest absolute Gasteiger partial charge is 0.343 e. The van der Waals surface area contributed by atoms with Crippen LogP contribution in [0, 0.1) is 12.7 Å². The van der Waals surface area contributed by atoms with E-state index in [1.807, 2.05) is 0 Å². The molecule has 2 aromatic heterocycles. The van der Waals surface area contributed by atoms with E-state index >= 15 is 0 Å². The number of hydrogen-bond acceptors (Lipinski definition) is 4. The fourth-order valence-corrected chi connectivity index (χ4v) is 2.78. The van der Waals surface area contributed by atoms with Crippen LogP contribution < -0.4 is 5.56 Å². The van der Waals surface area contributed by atoms with Crippen LogP contribution in [0.15, 0.2) is 23.1 Å². The molecule has 1 N–H and O–H groups in total. The van der Waals surface area contributed by atoms with Crippen molar-refractivity contribution in [3.63, 3.8) is 0 Å². The Kier molecular flexibility index (Phi) is 3.29. The van der Waals surface area contributed by atoms with Crippen molar-refractivity contribution in [2.24, 2.45) is 0 Å². The first-order valence-corrected chi connectivity index (χ1v) is 7.13. The van der Waals surface area contributed by atoms with E-state index in [-0.39, 0.29) is 17.7 Å². The average Bonchev–Trinajstić information content (AvgIpc) is 3.18. The van der Waals surface area contributed by atoms with E-state index in [0.29, 0.717) is 23.9 Å². The standard InChI is InChI=1S/C16H16FNO4/c1-3-22-15(20)10-4-5-12-9(2)13(16(21)6-7-16)11(17)8-18(12)14(10)19/h4-5,8,21H,3,6-7H2,1-2H3. The lowest BCUT2D eigenvalue weighted by Gasteiger charge is -2.16. The largest absolute Gasteiger partial charge is 0.462 e. The van der Waals surface area contributed by atoms with Gasteiger partial charge in [0.05, 0.1) is 17.7 Å². The van der Waals surface area contributed by atoms with Crippen LogP contribution >= 0.6 is 0 Å². The fraction of sp³-hybridized carbons (Fsp3) is 0.375. The summed E-state index contributed by atoms with van der Waals surface area (Å²) in [6.45, 7) is 3.46. The zero-order valence-corrected chi connectivity index (χ0v) is 12.4. The summed E-state index contributed by atoms with van der Waals surface area (Å²) in [6.07, 6.45) is 2.04. The van der Waals surface area contributed by atoms with Gasteiger partial charge in [-0.3, -0.25) is 9.20 Å². The van der Waals surface area contributed by atoms with Crippen LogP contribution in [-0.4, -0.2) is 22.1 Å². The number of carbonyl (C=O) groups is 1. The van der Waals surface area contributed by atoms with Gasteiger partial charge in [0.1, 0.15) is 11.4 Å². The Bertz CT molecular complexity index is 836. The molecule has 5 nitrogen and oxygen atoms in total. The van der Waals surface area contributed by atoms with E-state index in [1.54, 1.807) is 19.9 Å². The summed E-state index contributed by atoms with van der Waals surface area (Å²) in [6, 6.07) is 2.94. The first-order chi connectivity index (χ1) is 10.4. The molecule has 1 fully saturated rings. The molecule has 0 aromatic carbocycles. The van der Waals surface area contributed by atoms with Gasteiger partial charge in [-0.1, -0.05) is 0 Å². The van der Waals surface area contributed by atoms with Crippen LogP contribution in [0.3, 0.4) is 0 Å². The van der Waals surface area contributed by atoms with Gasteiger partial charge in [0, 0.05) is 11.8 Å². The van der Waals surface area contributed by atoms with Crippen LogP contribution in [0.5, 0.6) is 0 Å². The third-order valence-corrected chi connectivity index (χ3v) is 4.04. The monoisotopic (exact) mass is 305 g/mol. The van der Waals surface area contributed by atoms with Gasteiger partial charge in [0.25, 0.3) is 5.56 Å². The second-order valence-corrected chi connectivity index (χ2v) is 5.54. The molecular weight excluding hydrogens is 289 g/mol. The molecule has 1 aliphatic carbocycles. The summed E-state index contributed by atoms with van der Waals surface area (Å²) < 4.78 is 20.3. The van der Waals surface area contributed by atoms with E-state index in [9.17, 15) is 19.1 Å². The Morgan fingerprint density at radius 1 is 1.45 bits per heavy atom. The third kappa shape index (κ3) is 2.11. The van der Waals surface area contributed by atoms with Crippen molar-refractivity contribution in [2.45, 2.75) is 32.3 Å². The normalized spacial score (nSPS) is 15.8. The number of aromatic nitrogens is 1. The molecule has 3 rings (SSSR count). The van der Waals surface area contributed by atoms with Gasteiger partial charge in [-0.05, 0) is 44.4 Å². The molecular formula is C16H16FNO4. The van der Waals surface area contributed by atoms with Gasteiger partial charge in [-0.15, -0.1) is 0 Å². The molecule has 0 radical (unpaired) electrons. The second-order valence-electron chi connectivity index (χ2n) is 5.54. The van der Waals surface area contributed by atoms with Crippen molar-refractivity contribution < 1.29 is 19.0 Å². The molecule has 0 aliphatic heterocycles. The van der Waals surface area contributed by atoms with E-state index in [2.05, 4.69) is 0 Å². The number of aliphatic hydroxyl groups is 1. The number of halogens is 1. The number of nitrogens with zero attached hydrogens (tertiary/aromatic N) is 1. The number of carbonyl (C=O) groups excluding carboxylic acids is 1. The summed E-state index contributed by atoms with van der Waals surface area (Å²) in [5.74, 6) is -1.38. The number of hydrogen-bond donors (Lipinski definition) is 1. The van der Waals surface area contributed by atoms with Gasteiger partial charge >= 0.3 is 5.97 Å². The molecule has 0 spiro atoms. The Balaban J connectivity index is 2.25. The topological polar surface area (TPSA) is 68.0 Å². The predicted octanol–water partition coefficient (Wildman–Crippen LogP) is 1.91. The van der Waals surface area contributed by atoms with Gasteiger partial charge < -0.3 is 9.84 Å². The minimum atomic E-state index is -1.13. The lowest BCUT2D eigenvalue weighted by atomic mass is 10.0. The van der Waals surface area contributed by atoms with E-state index < -0.39 is 22.9 Å². The van der Waals surface area contributed by atoms with Gasteiger partial charge in [-0.2, -0.15) is 0 Å². The summed E-state index contributed by atoms with van der Waals surface area (Å²) in [4.78, 5) is 24.1. The van der Waals surface area contributed by atoms with Crippen LogP contribution in [0.2, 0.25) is 0 Å². The first kappa shape index (κ1) is 14.7. The van der Waals surface area contributed by atoms with Crippen molar-refractivity contribution in [3.05, 3.63) is 51.2 Å². The van der Waals surface area contributed by atoms with E-state index in [0.717, 1.165) is 10.6 Å². The maximum absolute atomic E-state index is 14.3. The van der Waals surface area contributed by atoms with Crippen LogP contribution in [-0.2, 0) is 10.3 Å². The Morgan fingerprint density at radius 2 is 2.14 bits per heavy atom. The SMILES string of the molecule is CCOC(=O)c1ccc2c(C)c(C3(O)CC3)c(F)cn2c1=O. The third-order valence-electron chi connectivity index (χ3n) is 4.04. The lowest BCUT2D eigenvalue weighted by molar-refractivity contribution is 0.0524. The fourth-order valence-electron chi connectivity index (χ4n) is 2.78. The number of aryl methyl sites for hydroxylation is 1. The van der Waals surface area contributed by atoms with Gasteiger partial charge in [0.2, 0.25) is 0 Å². The van der Waals surface area contributed by atoms with Crippen LogP contribution in [0.1, 0.15) is 41.3 Å². The molecule has 0 atom stereocenters. The molecule has 0 amide bonds. The quantitative estimate of drug-likeness (QED) is 0.880. The summed E-state index contributed by atoms with van der Waals surface area (Å²) in [5.41, 5.74) is -0.701. The molecule has 2 aromatic rings. The highest BCUT2D eigenvalue weighted by Gasteiger charge is 2.45. The van der Waals surface area contributed by atoms with E-state index in [1.165, 1.54) is 6.07 Å². The molecule has 1 aliphatic rings. The molecule has 0 bridgehead atoms. The summed E-state index contributed by atoms with van der Waals surface area (Å²) in [5, 5.41) is 10.2. The maximum atomic E-state index is 14.3. The minimum absolute atomic E-state index is 0.143. The highest BCUT2D eigenvalue weighted by Crippen LogP contribution is 2.47. The number of rotatable bonds is 3. The van der Waals surface area contributed by atoms with Crippen molar-refractivity contribution in [2.75, 3.05) is 6.61 Å². The lowest BCUT2D eigenvalue weighted by Crippen LogP contribution is -2.25. The highest BCUT2D eigenvalue weighted by atomic mass is 19.1. The minimum Gasteiger partial charge on any atom is -0.462 e. The zero-order valence-electron chi connectivity index (χ0n) is 12.4. The number of pyridine rings is 2. The molecule has 22 heavy (non-hydrogen) atoms. The Hall–Kier alpha value is -2.21. The zero-order chi connectivity index (χ0) is 16.1. The first-order valence-electron chi connectivity index (χ1n) is 7.13. The van der Waals surface area contributed by atoms with Gasteiger partial charge in [0.15, 0.2) is 0 Å². The van der Waals surface area contributed by atoms with Gasteiger partial charge in [-0.25, -0.2) is 9.18 Å². The Labute approximate surface area is 126 Å². The Morgan fingerprint density at radius 3 is 2.73 bits per heavy atom. The molecule has 2 heterocycles. The van der Waals surface area contributed by atoms with Crippen LogP contribution in [0.4, 0.5) is 4.39 Å². The second kappa shape index (κ2) is 4.91. The number of ether oxygens (including phenoxy) is 1. The summed E-state index contributed by atoms with van der Waals surface area (Å²) in [7, 11) is 0. The number of esters is 1. The van der Waals surface area contributed by atoms with Crippen molar-refractivity contribution >= 4 is 11.5 Å². The predicted molar refractivity (Wildman–Crippen MR) is 77.4 cm³/mol. The molecule has 1 saturated carbocycles. The van der Waals surface area contributed by atoms with Crippen molar-refractivity contribution in [1.29, 1.82) is 0 Å². The van der Waals surface area contributed by atoms with Crippen molar-refractivity contribution in [3.8, 4) is 0 Å². The van der Waals surface area contributed by atoms with Crippen LogP contribution in [0.25, 0.3) is 5.52 Å². The summed E-state index contributed by atoms with van der Waals surface area (Å²) >= 11 is 0. The average molecular weight is 305 g/mol.